The lowest BCUT2D eigenvalue weighted by molar-refractivity contribution is -0.134. The van der Waals surface area contributed by atoms with Gasteiger partial charge in [-0.2, -0.15) is 0 Å². The van der Waals surface area contributed by atoms with E-state index < -0.39 is 5.60 Å². The maximum Gasteiger partial charge on any atom is 0.222 e. The topological polar surface area (TPSA) is 53.4 Å². The first-order valence-electron chi connectivity index (χ1n) is 6.46. The number of hydrogen-bond donors (Lipinski definition) is 1. The molecule has 2 heterocycles. The lowest BCUT2D eigenvalue weighted by Crippen LogP contribution is -2.45. The van der Waals surface area contributed by atoms with Crippen molar-refractivity contribution in [2.45, 2.75) is 38.2 Å². The fourth-order valence-electron chi connectivity index (χ4n) is 2.19. The molecule has 0 unspecified atom stereocenters. The van der Waals surface area contributed by atoms with Gasteiger partial charge in [-0.3, -0.25) is 9.78 Å². The van der Waals surface area contributed by atoms with Crippen LogP contribution in [0.25, 0.3) is 0 Å². The summed E-state index contributed by atoms with van der Waals surface area (Å²) in [5.74, 6) is 0.175. The molecular formula is C14H20N2O2. The Bertz CT molecular complexity index is 394. The number of carbonyl (C=O) groups is 1. The predicted molar refractivity (Wildman–Crippen MR) is 69.0 cm³/mol. The molecule has 0 bridgehead atoms. The number of amides is 1. The summed E-state index contributed by atoms with van der Waals surface area (Å²) in [4.78, 5) is 17.9. The van der Waals surface area contributed by atoms with Crippen LogP contribution < -0.4 is 0 Å². The summed E-state index contributed by atoms with van der Waals surface area (Å²) in [6, 6.07) is 3.87. The zero-order valence-corrected chi connectivity index (χ0v) is 10.8. The third-order valence-corrected chi connectivity index (χ3v) is 3.54. The predicted octanol–water partition coefficient (Wildman–Crippen LogP) is 1.39. The van der Waals surface area contributed by atoms with E-state index in [1.807, 2.05) is 24.0 Å². The molecule has 4 nitrogen and oxygen atoms in total. The molecule has 0 aromatic carbocycles. The summed E-state index contributed by atoms with van der Waals surface area (Å²) in [6.07, 6.45) is 6.14. The SMILES string of the molecule is CC1(O)CCN(C(=O)CCc2cccnc2)CC1. The van der Waals surface area contributed by atoms with Crippen molar-refractivity contribution in [2.24, 2.45) is 0 Å². The van der Waals surface area contributed by atoms with Gasteiger partial charge in [0.2, 0.25) is 5.91 Å². The van der Waals surface area contributed by atoms with Crippen LogP contribution in [0.3, 0.4) is 0 Å². The molecule has 1 amide bonds. The number of rotatable bonds is 3. The van der Waals surface area contributed by atoms with Gasteiger partial charge in [0.25, 0.3) is 0 Å². The highest BCUT2D eigenvalue weighted by molar-refractivity contribution is 5.76. The maximum absolute atomic E-state index is 12.0. The van der Waals surface area contributed by atoms with Crippen LogP contribution in [-0.4, -0.2) is 39.6 Å². The van der Waals surface area contributed by atoms with Crippen molar-refractivity contribution in [3.63, 3.8) is 0 Å². The number of nitrogens with zero attached hydrogens (tertiary/aromatic N) is 2. The number of likely N-dealkylation sites (tertiary alicyclic amines) is 1. The molecule has 98 valence electrons. The van der Waals surface area contributed by atoms with Gasteiger partial charge in [0.05, 0.1) is 5.60 Å². The van der Waals surface area contributed by atoms with E-state index in [9.17, 15) is 9.90 Å². The van der Waals surface area contributed by atoms with E-state index in [0.717, 1.165) is 12.0 Å². The van der Waals surface area contributed by atoms with Crippen LogP contribution in [-0.2, 0) is 11.2 Å². The molecule has 1 fully saturated rings. The van der Waals surface area contributed by atoms with Crippen LogP contribution in [0, 0.1) is 0 Å². The Labute approximate surface area is 108 Å². The maximum atomic E-state index is 12.0. The van der Waals surface area contributed by atoms with Crippen molar-refractivity contribution in [3.05, 3.63) is 30.1 Å². The first kappa shape index (κ1) is 13.0. The molecule has 4 heteroatoms. The van der Waals surface area contributed by atoms with Gasteiger partial charge in [0.15, 0.2) is 0 Å². The minimum atomic E-state index is -0.597. The molecule has 2 rings (SSSR count). The summed E-state index contributed by atoms with van der Waals surface area (Å²) in [5, 5.41) is 9.84. The number of aliphatic hydroxyl groups is 1. The lowest BCUT2D eigenvalue weighted by Gasteiger charge is -2.35. The number of piperidine rings is 1. The minimum Gasteiger partial charge on any atom is -0.390 e. The number of aromatic nitrogens is 1. The van der Waals surface area contributed by atoms with E-state index in [1.165, 1.54) is 0 Å². The largest absolute Gasteiger partial charge is 0.390 e. The van der Waals surface area contributed by atoms with Crippen LogP contribution in [0.4, 0.5) is 0 Å². The van der Waals surface area contributed by atoms with Gasteiger partial charge in [-0.25, -0.2) is 0 Å². The highest BCUT2D eigenvalue weighted by Crippen LogP contribution is 2.21. The van der Waals surface area contributed by atoms with E-state index in [0.29, 0.717) is 32.4 Å². The fourth-order valence-corrected chi connectivity index (χ4v) is 2.19. The van der Waals surface area contributed by atoms with Gasteiger partial charge in [-0.1, -0.05) is 6.07 Å². The van der Waals surface area contributed by atoms with Crippen molar-refractivity contribution < 1.29 is 9.90 Å². The van der Waals surface area contributed by atoms with Crippen molar-refractivity contribution >= 4 is 5.91 Å². The fraction of sp³-hybridized carbons (Fsp3) is 0.571. The van der Waals surface area contributed by atoms with Crippen molar-refractivity contribution in [1.82, 2.24) is 9.88 Å². The molecule has 1 aliphatic rings. The van der Waals surface area contributed by atoms with E-state index in [-0.39, 0.29) is 5.91 Å². The quantitative estimate of drug-likeness (QED) is 0.879. The zero-order chi connectivity index (χ0) is 13.0. The number of carbonyl (C=O) groups excluding carboxylic acids is 1. The highest BCUT2D eigenvalue weighted by Gasteiger charge is 2.29. The van der Waals surface area contributed by atoms with Crippen LogP contribution >= 0.6 is 0 Å². The number of hydrogen-bond acceptors (Lipinski definition) is 3. The summed E-state index contributed by atoms with van der Waals surface area (Å²) in [5.41, 5.74) is 0.495. The summed E-state index contributed by atoms with van der Waals surface area (Å²) in [7, 11) is 0. The zero-order valence-electron chi connectivity index (χ0n) is 10.8. The molecule has 0 radical (unpaired) electrons. The Morgan fingerprint density at radius 3 is 2.83 bits per heavy atom. The Morgan fingerprint density at radius 1 is 1.50 bits per heavy atom. The first-order valence-corrected chi connectivity index (χ1v) is 6.46. The molecule has 18 heavy (non-hydrogen) atoms. The molecule has 1 N–H and O–H groups in total. The van der Waals surface area contributed by atoms with Crippen LogP contribution in [0.1, 0.15) is 31.7 Å². The van der Waals surface area contributed by atoms with Crippen molar-refractivity contribution in [3.8, 4) is 0 Å². The van der Waals surface area contributed by atoms with E-state index in [2.05, 4.69) is 4.98 Å². The second kappa shape index (κ2) is 5.48. The minimum absolute atomic E-state index is 0.175. The molecule has 1 aromatic rings. The Hall–Kier alpha value is -1.42. The second-order valence-corrected chi connectivity index (χ2v) is 5.24. The smallest absolute Gasteiger partial charge is 0.222 e. The average molecular weight is 248 g/mol. The van der Waals surface area contributed by atoms with Gasteiger partial charge in [-0.15, -0.1) is 0 Å². The van der Waals surface area contributed by atoms with Gasteiger partial charge in [0.1, 0.15) is 0 Å². The third kappa shape index (κ3) is 3.53. The van der Waals surface area contributed by atoms with Crippen LogP contribution in [0.2, 0.25) is 0 Å². The molecule has 1 aromatic heterocycles. The normalized spacial score (nSPS) is 18.7. The molecule has 1 saturated heterocycles. The lowest BCUT2D eigenvalue weighted by atomic mass is 9.93. The summed E-state index contributed by atoms with van der Waals surface area (Å²) in [6.45, 7) is 3.17. The van der Waals surface area contributed by atoms with Gasteiger partial charge in [-0.05, 0) is 37.8 Å². The van der Waals surface area contributed by atoms with Crippen LogP contribution in [0.5, 0.6) is 0 Å². The Kier molecular flexibility index (Phi) is 3.97. The molecule has 0 saturated carbocycles. The Balaban J connectivity index is 1.79. The van der Waals surface area contributed by atoms with Gasteiger partial charge in [0, 0.05) is 31.9 Å². The van der Waals surface area contributed by atoms with Gasteiger partial charge >= 0.3 is 0 Å². The Morgan fingerprint density at radius 2 is 2.22 bits per heavy atom. The van der Waals surface area contributed by atoms with Gasteiger partial charge < -0.3 is 10.0 Å². The second-order valence-electron chi connectivity index (χ2n) is 5.24. The first-order chi connectivity index (χ1) is 8.57. The monoisotopic (exact) mass is 248 g/mol. The summed E-state index contributed by atoms with van der Waals surface area (Å²) >= 11 is 0. The molecular weight excluding hydrogens is 228 g/mol. The molecule has 0 atom stereocenters. The highest BCUT2D eigenvalue weighted by atomic mass is 16.3. The average Bonchev–Trinajstić information content (AvgIpc) is 2.37. The van der Waals surface area contributed by atoms with E-state index >= 15 is 0 Å². The van der Waals surface area contributed by atoms with E-state index in [1.54, 1.807) is 12.4 Å². The van der Waals surface area contributed by atoms with E-state index in [4.69, 9.17) is 0 Å². The summed E-state index contributed by atoms with van der Waals surface area (Å²) < 4.78 is 0. The van der Waals surface area contributed by atoms with Crippen LogP contribution in [0.15, 0.2) is 24.5 Å². The standard InChI is InChI=1S/C14H20N2O2/c1-14(18)6-9-16(10-7-14)13(17)5-4-12-3-2-8-15-11-12/h2-3,8,11,18H,4-7,9-10H2,1H3. The molecule has 0 aliphatic carbocycles. The van der Waals surface area contributed by atoms with Crippen molar-refractivity contribution in [1.29, 1.82) is 0 Å². The molecule has 1 aliphatic heterocycles. The van der Waals surface area contributed by atoms with Crippen molar-refractivity contribution in [2.75, 3.05) is 13.1 Å². The number of aryl methyl sites for hydroxylation is 1. The number of pyridine rings is 1. The molecule has 0 spiro atoms. The third-order valence-electron chi connectivity index (χ3n) is 3.54.